The normalized spacial score (nSPS) is 15.1. The van der Waals surface area contributed by atoms with E-state index < -0.39 is 15.8 Å². The predicted octanol–water partition coefficient (Wildman–Crippen LogP) is 5.11. The molecule has 0 unspecified atom stereocenters. The molecule has 1 fully saturated rings. The van der Waals surface area contributed by atoms with Crippen molar-refractivity contribution < 1.29 is 12.8 Å². The summed E-state index contributed by atoms with van der Waals surface area (Å²) in [5, 5.41) is 3.57. The van der Waals surface area contributed by atoms with Gasteiger partial charge in [0.25, 0.3) is 0 Å². The number of anilines is 3. The molecule has 0 atom stereocenters. The van der Waals surface area contributed by atoms with Crippen LogP contribution in [0.5, 0.6) is 0 Å². The Balaban J connectivity index is 1.95. The van der Waals surface area contributed by atoms with Crippen LogP contribution in [0.3, 0.4) is 0 Å². The van der Waals surface area contributed by atoms with Crippen molar-refractivity contribution in [3.8, 4) is 0 Å². The van der Waals surface area contributed by atoms with E-state index in [1.54, 1.807) is 19.1 Å². The molecule has 1 N–H and O–H groups in total. The van der Waals surface area contributed by atoms with E-state index in [2.05, 4.69) is 10.3 Å². The molecule has 1 aliphatic rings. The van der Waals surface area contributed by atoms with E-state index in [9.17, 15) is 12.8 Å². The number of nitrogens with zero attached hydrogens (tertiary/aromatic N) is 2. The summed E-state index contributed by atoms with van der Waals surface area (Å²) in [5.41, 5.74) is 0.229. The number of nitrogens with one attached hydrogen (secondary N) is 1. The minimum atomic E-state index is -3.76. The van der Waals surface area contributed by atoms with Gasteiger partial charge in [0.15, 0.2) is 0 Å². The van der Waals surface area contributed by atoms with Crippen molar-refractivity contribution >= 4 is 38.8 Å². The van der Waals surface area contributed by atoms with Gasteiger partial charge in [-0.2, -0.15) is 0 Å². The summed E-state index contributed by atoms with van der Waals surface area (Å²) < 4.78 is 41.1. The van der Waals surface area contributed by atoms with E-state index in [1.165, 1.54) is 31.2 Å². The van der Waals surface area contributed by atoms with Crippen molar-refractivity contribution in [3.63, 3.8) is 0 Å². The lowest BCUT2D eigenvalue weighted by Crippen LogP contribution is -2.29. The first-order valence-electron chi connectivity index (χ1n) is 9.11. The lowest BCUT2D eigenvalue weighted by molar-refractivity contribution is 0.590. The molecule has 146 valence electrons. The zero-order chi connectivity index (χ0) is 19.4. The van der Waals surface area contributed by atoms with Crippen molar-refractivity contribution in [1.29, 1.82) is 0 Å². The van der Waals surface area contributed by atoms with Gasteiger partial charge in [-0.15, -0.1) is 0 Å². The standard InChI is InChI=1S/C19H23ClFN3O2S/c1-2-11-27(25,26)24(18-9-7-14(20)12-17(18)21)16-8-10-19(22-13-16)23-15-5-3-4-6-15/h7-10,12-13,15H,2-6,11H2,1H3,(H,22,23). The van der Waals surface area contributed by atoms with Gasteiger partial charge in [0.1, 0.15) is 11.6 Å². The molecule has 0 radical (unpaired) electrons. The molecule has 3 rings (SSSR count). The summed E-state index contributed by atoms with van der Waals surface area (Å²) >= 11 is 5.82. The molecule has 0 spiro atoms. The molecule has 1 aliphatic carbocycles. The highest BCUT2D eigenvalue weighted by molar-refractivity contribution is 7.93. The van der Waals surface area contributed by atoms with Crippen LogP contribution in [0.25, 0.3) is 0 Å². The van der Waals surface area contributed by atoms with Crippen molar-refractivity contribution in [1.82, 2.24) is 4.98 Å². The van der Waals surface area contributed by atoms with Gasteiger partial charge < -0.3 is 5.32 Å². The van der Waals surface area contributed by atoms with Crippen LogP contribution in [0.1, 0.15) is 39.0 Å². The Morgan fingerprint density at radius 2 is 2.00 bits per heavy atom. The molecule has 1 aromatic heterocycles. The van der Waals surface area contributed by atoms with Gasteiger partial charge in [-0.25, -0.2) is 22.1 Å². The second-order valence-electron chi connectivity index (χ2n) is 6.70. The van der Waals surface area contributed by atoms with E-state index in [4.69, 9.17) is 11.6 Å². The highest BCUT2D eigenvalue weighted by atomic mass is 35.5. The Morgan fingerprint density at radius 1 is 1.26 bits per heavy atom. The lowest BCUT2D eigenvalue weighted by Gasteiger charge is -2.25. The molecule has 1 heterocycles. The average molecular weight is 412 g/mol. The molecule has 0 saturated heterocycles. The number of hydrogen-bond donors (Lipinski definition) is 1. The minimum absolute atomic E-state index is 0.0637. The van der Waals surface area contributed by atoms with E-state index in [0.29, 0.717) is 24.0 Å². The van der Waals surface area contributed by atoms with E-state index in [1.807, 2.05) is 0 Å². The van der Waals surface area contributed by atoms with Crippen LogP contribution >= 0.6 is 11.6 Å². The highest BCUT2D eigenvalue weighted by Crippen LogP contribution is 2.33. The monoisotopic (exact) mass is 411 g/mol. The van der Waals surface area contributed by atoms with E-state index in [0.717, 1.165) is 23.2 Å². The number of rotatable bonds is 7. The average Bonchev–Trinajstić information content (AvgIpc) is 3.11. The van der Waals surface area contributed by atoms with E-state index in [-0.39, 0.29) is 16.5 Å². The van der Waals surface area contributed by atoms with Crippen LogP contribution in [-0.2, 0) is 10.0 Å². The zero-order valence-electron chi connectivity index (χ0n) is 15.2. The molecule has 0 aliphatic heterocycles. The Morgan fingerprint density at radius 3 is 2.59 bits per heavy atom. The summed E-state index contributed by atoms with van der Waals surface area (Å²) in [6, 6.07) is 7.72. The number of hydrogen-bond acceptors (Lipinski definition) is 4. The summed E-state index contributed by atoms with van der Waals surface area (Å²) in [6.45, 7) is 1.76. The van der Waals surface area contributed by atoms with Gasteiger partial charge in [-0.1, -0.05) is 31.4 Å². The van der Waals surface area contributed by atoms with Crippen molar-refractivity contribution in [3.05, 3.63) is 47.4 Å². The van der Waals surface area contributed by atoms with Crippen LogP contribution in [0, 0.1) is 5.82 Å². The molecule has 5 nitrogen and oxygen atoms in total. The smallest absolute Gasteiger partial charge is 0.239 e. The number of aromatic nitrogens is 1. The van der Waals surface area contributed by atoms with Crippen LogP contribution in [-0.4, -0.2) is 25.2 Å². The maximum absolute atomic E-state index is 14.5. The summed E-state index contributed by atoms with van der Waals surface area (Å²) in [4.78, 5) is 4.34. The summed E-state index contributed by atoms with van der Waals surface area (Å²) in [7, 11) is -3.76. The maximum atomic E-state index is 14.5. The molecular formula is C19H23ClFN3O2S. The van der Waals surface area contributed by atoms with Gasteiger partial charge in [0.2, 0.25) is 10.0 Å². The second-order valence-corrected chi connectivity index (χ2v) is 9.08. The van der Waals surface area contributed by atoms with Gasteiger partial charge in [0.05, 0.1) is 23.3 Å². The Labute approximate surface area is 164 Å². The zero-order valence-corrected chi connectivity index (χ0v) is 16.7. The van der Waals surface area contributed by atoms with E-state index >= 15 is 0 Å². The molecule has 0 bridgehead atoms. The Hall–Kier alpha value is -1.86. The van der Waals surface area contributed by atoms with Crippen molar-refractivity contribution in [2.75, 3.05) is 15.4 Å². The fourth-order valence-electron chi connectivity index (χ4n) is 3.32. The molecule has 1 aromatic carbocycles. The van der Waals surface area contributed by atoms with Gasteiger partial charge in [-0.05, 0) is 49.6 Å². The van der Waals surface area contributed by atoms with Crippen molar-refractivity contribution in [2.45, 2.75) is 45.1 Å². The third-order valence-electron chi connectivity index (χ3n) is 4.56. The Kier molecular flexibility index (Phi) is 6.22. The molecule has 8 heteroatoms. The molecule has 2 aromatic rings. The maximum Gasteiger partial charge on any atom is 0.239 e. The number of pyridine rings is 1. The summed E-state index contributed by atoms with van der Waals surface area (Å²) in [5.74, 6) is -0.109. The first kappa shape index (κ1) is 19.9. The first-order chi connectivity index (χ1) is 12.9. The van der Waals surface area contributed by atoms with Crippen LogP contribution in [0.4, 0.5) is 21.6 Å². The van der Waals surface area contributed by atoms with Crippen molar-refractivity contribution in [2.24, 2.45) is 0 Å². The van der Waals surface area contributed by atoms with Gasteiger partial charge >= 0.3 is 0 Å². The molecule has 27 heavy (non-hydrogen) atoms. The summed E-state index contributed by atoms with van der Waals surface area (Å²) in [6.07, 6.45) is 6.50. The third kappa shape index (κ3) is 4.71. The highest BCUT2D eigenvalue weighted by Gasteiger charge is 2.27. The topological polar surface area (TPSA) is 62.3 Å². The third-order valence-corrected chi connectivity index (χ3v) is 6.68. The predicted molar refractivity (Wildman–Crippen MR) is 108 cm³/mol. The largest absolute Gasteiger partial charge is 0.367 e. The quantitative estimate of drug-likeness (QED) is 0.687. The van der Waals surface area contributed by atoms with Crippen LogP contribution < -0.4 is 9.62 Å². The fraction of sp³-hybridized carbons (Fsp3) is 0.421. The molecule has 0 amide bonds. The van der Waals surface area contributed by atoms with Crippen LogP contribution in [0.2, 0.25) is 5.02 Å². The lowest BCUT2D eigenvalue weighted by atomic mass is 10.2. The molecule has 1 saturated carbocycles. The second kappa shape index (κ2) is 8.44. The Bertz CT molecular complexity index is 884. The van der Waals surface area contributed by atoms with Crippen LogP contribution in [0.15, 0.2) is 36.5 Å². The van der Waals surface area contributed by atoms with Gasteiger partial charge in [0, 0.05) is 11.1 Å². The fourth-order valence-corrected chi connectivity index (χ4v) is 5.05. The molecular weight excluding hydrogens is 389 g/mol. The minimum Gasteiger partial charge on any atom is -0.367 e. The van der Waals surface area contributed by atoms with Gasteiger partial charge in [-0.3, -0.25) is 0 Å². The first-order valence-corrected chi connectivity index (χ1v) is 11.1. The number of sulfonamides is 1. The number of benzene rings is 1. The SMILES string of the molecule is CCCS(=O)(=O)N(c1ccc(NC2CCCC2)nc1)c1ccc(Cl)cc1F. The number of halogens is 2.